The molecule has 1 heterocycles. The van der Waals surface area contributed by atoms with Crippen molar-refractivity contribution in [2.45, 2.75) is 25.8 Å². The van der Waals surface area contributed by atoms with Crippen molar-refractivity contribution in [3.05, 3.63) is 29.6 Å². The van der Waals surface area contributed by atoms with Crippen LogP contribution < -0.4 is 5.32 Å². The topological polar surface area (TPSA) is 41.5 Å². The molecule has 1 aromatic carbocycles. The van der Waals surface area contributed by atoms with E-state index >= 15 is 0 Å². The molecule has 100 valence electrons. The van der Waals surface area contributed by atoms with Gasteiger partial charge in [-0.15, -0.1) is 0 Å². The molecule has 3 nitrogen and oxygen atoms in total. The first-order chi connectivity index (χ1) is 8.66. The van der Waals surface area contributed by atoms with Gasteiger partial charge >= 0.3 is 0 Å². The van der Waals surface area contributed by atoms with Crippen molar-refractivity contribution in [1.29, 1.82) is 0 Å². The monoisotopic (exact) mass is 253 g/mol. The van der Waals surface area contributed by atoms with Gasteiger partial charge < -0.3 is 15.2 Å². The molecule has 1 saturated heterocycles. The van der Waals surface area contributed by atoms with Crippen LogP contribution in [0.25, 0.3) is 0 Å². The van der Waals surface area contributed by atoms with Gasteiger partial charge in [0.05, 0.1) is 0 Å². The molecule has 1 aromatic rings. The summed E-state index contributed by atoms with van der Waals surface area (Å²) in [6.45, 7) is 4.47. The second kappa shape index (κ2) is 6.16. The second-order valence-electron chi connectivity index (χ2n) is 4.89. The largest absolute Gasteiger partial charge is 0.508 e. The maximum atomic E-state index is 13.6. The first-order valence-electron chi connectivity index (χ1n) is 6.46. The van der Waals surface area contributed by atoms with Crippen LogP contribution in [-0.2, 0) is 4.74 Å². The van der Waals surface area contributed by atoms with Crippen LogP contribution in [0.4, 0.5) is 4.39 Å². The summed E-state index contributed by atoms with van der Waals surface area (Å²) >= 11 is 0. The Balaban J connectivity index is 1.88. The van der Waals surface area contributed by atoms with E-state index in [1.54, 1.807) is 6.07 Å². The first-order valence-corrected chi connectivity index (χ1v) is 6.46. The molecule has 0 bridgehead atoms. The minimum atomic E-state index is -0.359. The van der Waals surface area contributed by atoms with Gasteiger partial charge in [-0.3, -0.25) is 0 Å². The zero-order valence-corrected chi connectivity index (χ0v) is 10.7. The van der Waals surface area contributed by atoms with E-state index in [0.717, 1.165) is 38.7 Å². The Kier molecular flexibility index (Phi) is 4.55. The first kappa shape index (κ1) is 13.3. The highest BCUT2D eigenvalue weighted by Gasteiger charge is 2.16. The van der Waals surface area contributed by atoms with Gasteiger partial charge in [0.25, 0.3) is 0 Å². The molecule has 0 aliphatic carbocycles. The summed E-state index contributed by atoms with van der Waals surface area (Å²) in [6, 6.07) is 4.26. The highest BCUT2D eigenvalue weighted by molar-refractivity contribution is 5.29. The number of nitrogens with one attached hydrogen (secondary N) is 1. The number of hydrogen-bond donors (Lipinski definition) is 2. The average Bonchev–Trinajstić information content (AvgIpc) is 2.37. The molecule has 4 heteroatoms. The maximum Gasteiger partial charge on any atom is 0.131 e. The third kappa shape index (κ3) is 3.43. The maximum absolute atomic E-state index is 13.6. The summed E-state index contributed by atoms with van der Waals surface area (Å²) in [5.74, 6) is 0.219. The van der Waals surface area contributed by atoms with Crippen LogP contribution in [0.3, 0.4) is 0 Å². The Morgan fingerprint density at radius 2 is 2.17 bits per heavy atom. The number of phenolic OH excluding ortho intramolecular Hbond substituents is 1. The summed E-state index contributed by atoms with van der Waals surface area (Å²) in [4.78, 5) is 0. The van der Waals surface area contributed by atoms with Crippen LogP contribution in [0.2, 0.25) is 0 Å². The van der Waals surface area contributed by atoms with Crippen LogP contribution in [0.5, 0.6) is 5.75 Å². The fourth-order valence-electron chi connectivity index (χ4n) is 2.27. The van der Waals surface area contributed by atoms with Crippen molar-refractivity contribution in [2.24, 2.45) is 5.92 Å². The number of hydrogen-bond acceptors (Lipinski definition) is 3. The highest BCUT2D eigenvalue weighted by Crippen LogP contribution is 2.22. The lowest BCUT2D eigenvalue weighted by Gasteiger charge is -2.24. The van der Waals surface area contributed by atoms with E-state index in [0.29, 0.717) is 11.5 Å². The lowest BCUT2D eigenvalue weighted by molar-refractivity contribution is 0.0656. The van der Waals surface area contributed by atoms with Crippen LogP contribution in [0.15, 0.2) is 18.2 Å². The molecular formula is C14H20FNO2. The Bertz CT molecular complexity index is 391. The number of ether oxygens (including phenoxy) is 1. The zero-order valence-electron chi connectivity index (χ0n) is 10.7. The Hall–Kier alpha value is -1.13. The van der Waals surface area contributed by atoms with Gasteiger partial charge in [0.2, 0.25) is 0 Å². The van der Waals surface area contributed by atoms with Crippen molar-refractivity contribution in [3.8, 4) is 5.75 Å². The van der Waals surface area contributed by atoms with Gasteiger partial charge in [-0.05, 0) is 38.3 Å². The number of benzene rings is 1. The molecule has 1 aliphatic heterocycles. The number of phenols is 1. The molecule has 1 atom stereocenters. The summed E-state index contributed by atoms with van der Waals surface area (Å²) in [7, 11) is 0. The molecule has 1 aliphatic rings. The summed E-state index contributed by atoms with van der Waals surface area (Å²) < 4.78 is 19.0. The highest BCUT2D eigenvalue weighted by atomic mass is 19.1. The summed E-state index contributed by atoms with van der Waals surface area (Å²) in [5.41, 5.74) is 0.597. The molecule has 1 fully saturated rings. The van der Waals surface area contributed by atoms with E-state index in [4.69, 9.17) is 4.74 Å². The van der Waals surface area contributed by atoms with E-state index in [-0.39, 0.29) is 17.6 Å². The lowest BCUT2D eigenvalue weighted by atomic mass is 9.99. The van der Waals surface area contributed by atoms with E-state index in [2.05, 4.69) is 5.32 Å². The normalized spacial score (nSPS) is 18.8. The minimum absolute atomic E-state index is 0.0344. The Morgan fingerprint density at radius 3 is 2.83 bits per heavy atom. The average molecular weight is 253 g/mol. The molecule has 0 radical (unpaired) electrons. The smallest absolute Gasteiger partial charge is 0.131 e. The standard InChI is InChI=1S/C14H20FNO2/c1-10(13-3-2-12(17)8-14(13)15)16-9-11-4-6-18-7-5-11/h2-3,8,10-11,16-17H,4-7,9H2,1H3. The van der Waals surface area contributed by atoms with E-state index in [1.165, 1.54) is 6.07 Å². The Labute approximate surface area is 107 Å². The van der Waals surface area contributed by atoms with Gasteiger partial charge in [-0.25, -0.2) is 4.39 Å². The van der Waals surface area contributed by atoms with Crippen LogP contribution in [-0.4, -0.2) is 24.9 Å². The SMILES string of the molecule is CC(NCC1CCOCC1)c1ccc(O)cc1F. The van der Waals surface area contributed by atoms with Gasteiger partial charge in [-0.2, -0.15) is 0 Å². The van der Waals surface area contributed by atoms with Crippen molar-refractivity contribution < 1.29 is 14.2 Å². The molecule has 18 heavy (non-hydrogen) atoms. The van der Waals surface area contributed by atoms with Crippen molar-refractivity contribution in [3.63, 3.8) is 0 Å². The van der Waals surface area contributed by atoms with E-state index in [1.807, 2.05) is 6.92 Å². The number of halogens is 1. The molecule has 2 N–H and O–H groups in total. The predicted molar refractivity (Wildman–Crippen MR) is 68.0 cm³/mol. The lowest BCUT2D eigenvalue weighted by Crippen LogP contribution is -2.29. The summed E-state index contributed by atoms with van der Waals surface area (Å²) in [6.07, 6.45) is 2.13. The molecule has 0 saturated carbocycles. The van der Waals surface area contributed by atoms with Gasteiger partial charge in [0.1, 0.15) is 11.6 Å². The second-order valence-corrected chi connectivity index (χ2v) is 4.89. The van der Waals surface area contributed by atoms with Crippen molar-refractivity contribution >= 4 is 0 Å². The quantitative estimate of drug-likeness (QED) is 0.866. The fraction of sp³-hybridized carbons (Fsp3) is 0.571. The van der Waals surface area contributed by atoms with E-state index < -0.39 is 0 Å². The van der Waals surface area contributed by atoms with Gasteiger partial charge in [0.15, 0.2) is 0 Å². The van der Waals surface area contributed by atoms with E-state index in [9.17, 15) is 9.50 Å². The molecule has 1 unspecified atom stereocenters. The van der Waals surface area contributed by atoms with Crippen LogP contribution in [0.1, 0.15) is 31.4 Å². The number of aromatic hydroxyl groups is 1. The summed E-state index contributed by atoms with van der Waals surface area (Å²) in [5, 5.41) is 12.5. The van der Waals surface area contributed by atoms with Gasteiger partial charge in [0, 0.05) is 30.9 Å². The van der Waals surface area contributed by atoms with Crippen molar-refractivity contribution in [1.82, 2.24) is 5.32 Å². The molecular weight excluding hydrogens is 233 g/mol. The molecule has 0 amide bonds. The Morgan fingerprint density at radius 1 is 1.44 bits per heavy atom. The minimum Gasteiger partial charge on any atom is -0.508 e. The number of rotatable bonds is 4. The molecule has 0 spiro atoms. The molecule has 0 aromatic heterocycles. The third-order valence-corrected chi connectivity index (χ3v) is 3.50. The van der Waals surface area contributed by atoms with Gasteiger partial charge in [-0.1, -0.05) is 6.07 Å². The fourth-order valence-corrected chi connectivity index (χ4v) is 2.27. The van der Waals surface area contributed by atoms with Crippen molar-refractivity contribution in [2.75, 3.05) is 19.8 Å². The predicted octanol–water partition coefficient (Wildman–Crippen LogP) is 2.61. The zero-order chi connectivity index (χ0) is 13.0. The van der Waals surface area contributed by atoms with Crippen LogP contribution >= 0.6 is 0 Å². The van der Waals surface area contributed by atoms with Crippen LogP contribution in [0, 0.1) is 11.7 Å². The third-order valence-electron chi connectivity index (χ3n) is 3.50. The molecule has 2 rings (SSSR count).